The molecule has 0 atom stereocenters. The van der Waals surface area contributed by atoms with Crippen LogP contribution in [0.5, 0.6) is 5.75 Å². The van der Waals surface area contributed by atoms with Crippen molar-refractivity contribution in [3.8, 4) is 11.8 Å². The molecule has 2 saturated heterocycles. The zero-order valence-corrected chi connectivity index (χ0v) is 37.3. The van der Waals surface area contributed by atoms with Gasteiger partial charge in [0, 0.05) is 98.6 Å². The number of fused-ring (bicyclic) bond motifs is 2. The fourth-order valence-corrected chi connectivity index (χ4v) is 11.3. The summed E-state index contributed by atoms with van der Waals surface area (Å²) >= 11 is 6.16. The molecule has 1 N–H and O–H groups in total. The zero-order valence-electron chi connectivity index (χ0n) is 36.5. The topological polar surface area (TPSA) is 153 Å². The minimum atomic E-state index is -2.56. The molecular formula is C48H53ClF2N10O4. The van der Waals surface area contributed by atoms with Crippen LogP contribution in [0.4, 0.5) is 26.1 Å². The van der Waals surface area contributed by atoms with E-state index in [-0.39, 0.29) is 58.5 Å². The van der Waals surface area contributed by atoms with Crippen LogP contribution in [-0.4, -0.2) is 98.9 Å². The number of piperidine rings is 1. The quantitative estimate of drug-likeness (QED) is 0.181. The van der Waals surface area contributed by atoms with Gasteiger partial charge in [-0.05, 0) is 100 Å². The summed E-state index contributed by atoms with van der Waals surface area (Å²) in [6.45, 7) is 6.17. The maximum absolute atomic E-state index is 13.8. The van der Waals surface area contributed by atoms with Crippen molar-refractivity contribution in [3.63, 3.8) is 0 Å². The van der Waals surface area contributed by atoms with Crippen LogP contribution in [-0.2, 0) is 29.0 Å². The van der Waals surface area contributed by atoms with E-state index in [0.717, 1.165) is 106 Å². The van der Waals surface area contributed by atoms with Crippen molar-refractivity contribution in [2.75, 3.05) is 49.1 Å². The van der Waals surface area contributed by atoms with Gasteiger partial charge in [-0.3, -0.25) is 19.1 Å². The standard InChI is InChI=1S/C48H53ClF2N10O4/c1-29(62)58-20-16-41-38(26-58)45(60-17-2-3-30-4-5-32(44(50)51)21-42(30)60)56-61(41)35-23-48(24-35)27-59(28-48)47(64)31-14-18-57(19-15-31)43-13-12-40(54-55-43)46(63)53-34-7-10-36(11-8-34)65-37-9-6-33(25-52)39(49)22-37/h4-6,9,12-13,21-22,31,34-36,44H,2-3,7-8,10-11,14-20,23-24,26-28H2,1H3,(H,53,63). The van der Waals surface area contributed by atoms with Crippen LogP contribution in [0.2, 0.25) is 5.02 Å². The molecule has 2 aromatic carbocycles. The Kier molecular flexibility index (Phi) is 11.6. The number of carbonyl (C=O) groups is 3. The Hall–Kier alpha value is -5.82. The SMILES string of the molecule is CC(=O)N1CCc2c(c(N3CCCc4ccc(C(F)F)cc43)nn2C2CC3(C2)CN(C(=O)C2CCN(c4ccc(C(=O)NC5CCC(Oc6ccc(C#N)c(Cl)c6)CC5)nn4)CC2)C3)C1. The Morgan fingerprint density at radius 1 is 0.923 bits per heavy atom. The number of hydrogen-bond donors (Lipinski definition) is 1. The van der Waals surface area contributed by atoms with Gasteiger partial charge in [0.05, 0.1) is 29.3 Å². The van der Waals surface area contributed by atoms with Crippen molar-refractivity contribution in [2.24, 2.45) is 11.3 Å². The molecule has 0 radical (unpaired) electrons. The minimum absolute atomic E-state index is 0.000288. The molecule has 4 aliphatic heterocycles. The van der Waals surface area contributed by atoms with Gasteiger partial charge in [0.25, 0.3) is 12.3 Å². The first-order chi connectivity index (χ1) is 31.4. The number of rotatable bonds is 9. The van der Waals surface area contributed by atoms with Crippen LogP contribution in [0, 0.1) is 22.7 Å². The molecular weight excluding hydrogens is 854 g/mol. The molecule has 2 saturated carbocycles. The van der Waals surface area contributed by atoms with Crippen molar-refractivity contribution in [1.29, 1.82) is 5.26 Å². The van der Waals surface area contributed by atoms with Crippen LogP contribution in [0.15, 0.2) is 48.5 Å². The molecule has 2 aliphatic carbocycles. The van der Waals surface area contributed by atoms with Gasteiger partial charge in [0.1, 0.15) is 11.8 Å². The number of likely N-dealkylation sites (tertiary alicyclic amines) is 1. The highest BCUT2D eigenvalue weighted by Gasteiger charge is 2.56. The predicted molar refractivity (Wildman–Crippen MR) is 238 cm³/mol. The van der Waals surface area contributed by atoms with Gasteiger partial charge in [-0.2, -0.15) is 10.4 Å². The van der Waals surface area contributed by atoms with Gasteiger partial charge in [0.2, 0.25) is 11.8 Å². The Morgan fingerprint density at radius 2 is 1.71 bits per heavy atom. The van der Waals surface area contributed by atoms with Crippen molar-refractivity contribution in [2.45, 2.75) is 109 Å². The zero-order chi connectivity index (χ0) is 45.0. The average molecular weight is 907 g/mol. The summed E-state index contributed by atoms with van der Waals surface area (Å²) in [5.74, 6) is 2.01. The van der Waals surface area contributed by atoms with Gasteiger partial charge < -0.3 is 29.7 Å². The Labute approximate surface area is 381 Å². The van der Waals surface area contributed by atoms with Crippen molar-refractivity contribution in [3.05, 3.63) is 87.2 Å². The molecule has 0 bridgehead atoms. The lowest BCUT2D eigenvalue weighted by atomic mass is 9.60. The number of aromatic nitrogens is 4. The first-order valence-corrected chi connectivity index (χ1v) is 23.4. The largest absolute Gasteiger partial charge is 0.490 e. The molecule has 6 heterocycles. The third kappa shape index (κ3) is 8.48. The number of hydrogen-bond acceptors (Lipinski definition) is 10. The van der Waals surface area contributed by atoms with Gasteiger partial charge in [-0.25, -0.2) is 8.78 Å². The molecule has 3 amide bonds. The second-order valence-electron chi connectivity index (χ2n) is 18.9. The molecule has 10 rings (SSSR count). The number of nitrogens with zero attached hydrogens (tertiary/aromatic N) is 9. The number of halogens is 3. The molecule has 14 nitrogen and oxygen atoms in total. The molecule has 6 aliphatic rings. The number of benzene rings is 2. The van der Waals surface area contributed by atoms with Crippen LogP contribution in [0.3, 0.4) is 0 Å². The maximum Gasteiger partial charge on any atom is 0.272 e. The normalized spacial score (nSPS) is 21.8. The summed E-state index contributed by atoms with van der Waals surface area (Å²) in [5, 5.41) is 26.5. The first kappa shape index (κ1) is 43.1. The van der Waals surface area contributed by atoms with E-state index in [1.807, 2.05) is 21.9 Å². The summed E-state index contributed by atoms with van der Waals surface area (Å²) in [6, 6.07) is 15.8. The lowest BCUT2D eigenvalue weighted by molar-refractivity contribution is -0.159. The van der Waals surface area contributed by atoms with Crippen LogP contribution >= 0.6 is 11.6 Å². The van der Waals surface area contributed by atoms with Crippen LogP contribution in [0.25, 0.3) is 0 Å². The lowest BCUT2D eigenvalue weighted by Crippen LogP contribution is -2.65. The summed E-state index contributed by atoms with van der Waals surface area (Å²) < 4.78 is 35.9. The second kappa shape index (κ2) is 17.5. The molecule has 340 valence electrons. The van der Waals surface area contributed by atoms with Crippen molar-refractivity contribution >= 4 is 46.6 Å². The number of amides is 3. The van der Waals surface area contributed by atoms with E-state index >= 15 is 0 Å². The van der Waals surface area contributed by atoms with Crippen molar-refractivity contribution < 1.29 is 27.9 Å². The lowest BCUT2D eigenvalue weighted by Gasteiger charge is -2.59. The number of anilines is 3. The second-order valence-corrected chi connectivity index (χ2v) is 19.3. The summed E-state index contributed by atoms with van der Waals surface area (Å²) in [7, 11) is 0. The van der Waals surface area contributed by atoms with Gasteiger partial charge in [-0.1, -0.05) is 23.7 Å². The van der Waals surface area contributed by atoms with E-state index in [2.05, 4.69) is 36.1 Å². The fraction of sp³-hybridized carbons (Fsp3) is 0.521. The summed E-state index contributed by atoms with van der Waals surface area (Å²) in [6.07, 6.45) is 6.20. The third-order valence-corrected chi connectivity index (χ3v) is 15.0. The Bertz CT molecular complexity index is 2520. The molecule has 65 heavy (non-hydrogen) atoms. The average Bonchev–Trinajstić information content (AvgIpc) is 3.66. The third-order valence-electron chi connectivity index (χ3n) is 14.7. The highest BCUT2D eigenvalue weighted by atomic mass is 35.5. The molecule has 4 aromatic rings. The fourth-order valence-electron chi connectivity index (χ4n) is 11.1. The summed E-state index contributed by atoms with van der Waals surface area (Å²) in [5.41, 5.74) is 4.70. The maximum atomic E-state index is 13.8. The van der Waals surface area contributed by atoms with E-state index in [1.54, 1.807) is 37.3 Å². The Balaban J connectivity index is 0.697. The molecule has 1 spiro atoms. The predicted octanol–water partition coefficient (Wildman–Crippen LogP) is 7.32. The molecule has 2 aromatic heterocycles. The van der Waals surface area contributed by atoms with Gasteiger partial charge in [0.15, 0.2) is 17.3 Å². The Morgan fingerprint density at radius 3 is 2.40 bits per heavy atom. The first-order valence-electron chi connectivity index (χ1n) is 23.0. The summed E-state index contributed by atoms with van der Waals surface area (Å²) in [4.78, 5) is 47.4. The van der Waals surface area contributed by atoms with Crippen LogP contribution in [0.1, 0.15) is 116 Å². The monoisotopic (exact) mass is 906 g/mol. The van der Waals surface area contributed by atoms with E-state index in [4.69, 9.17) is 26.7 Å². The molecule has 4 fully saturated rings. The molecule has 17 heteroatoms. The van der Waals surface area contributed by atoms with E-state index in [1.165, 1.54) is 6.07 Å². The van der Waals surface area contributed by atoms with Crippen molar-refractivity contribution in [1.82, 2.24) is 35.1 Å². The number of carbonyl (C=O) groups excluding carboxylic acids is 3. The smallest absolute Gasteiger partial charge is 0.272 e. The van der Waals surface area contributed by atoms with Gasteiger partial charge >= 0.3 is 0 Å². The van der Waals surface area contributed by atoms with E-state index in [0.29, 0.717) is 61.3 Å². The number of nitrogens with one attached hydrogen (secondary N) is 1. The van der Waals surface area contributed by atoms with E-state index in [9.17, 15) is 23.2 Å². The molecule has 0 unspecified atom stereocenters. The number of alkyl halides is 2. The number of aryl methyl sites for hydroxylation is 1. The van der Waals surface area contributed by atoms with Gasteiger partial charge in [-0.15, -0.1) is 10.2 Å². The van der Waals surface area contributed by atoms with Crippen LogP contribution < -0.4 is 19.9 Å². The highest BCUT2D eigenvalue weighted by molar-refractivity contribution is 6.31. The number of nitriles is 1. The number of ether oxygens (including phenoxy) is 1. The highest BCUT2D eigenvalue weighted by Crippen LogP contribution is 2.55. The minimum Gasteiger partial charge on any atom is -0.490 e. The van der Waals surface area contributed by atoms with E-state index < -0.39 is 6.43 Å².